The van der Waals surface area contributed by atoms with Crippen molar-refractivity contribution in [2.75, 3.05) is 13.6 Å². The van der Waals surface area contributed by atoms with E-state index in [0.29, 0.717) is 12.1 Å². The van der Waals surface area contributed by atoms with E-state index in [0.717, 1.165) is 18.8 Å². The van der Waals surface area contributed by atoms with Gasteiger partial charge < -0.3 is 10.2 Å². The van der Waals surface area contributed by atoms with Crippen LogP contribution >= 0.6 is 0 Å². The van der Waals surface area contributed by atoms with Crippen LogP contribution in [0.4, 0.5) is 0 Å². The number of rotatable bonds is 3. The van der Waals surface area contributed by atoms with Gasteiger partial charge in [0.25, 0.3) is 0 Å². The summed E-state index contributed by atoms with van der Waals surface area (Å²) in [5.74, 6) is 0. The Morgan fingerprint density at radius 3 is 3.07 bits per heavy atom. The molecule has 0 radical (unpaired) electrons. The van der Waals surface area contributed by atoms with E-state index in [2.05, 4.69) is 34.4 Å². The van der Waals surface area contributed by atoms with E-state index in [9.17, 15) is 0 Å². The molecule has 1 N–H and O–H groups in total. The lowest BCUT2D eigenvalue weighted by Crippen LogP contribution is -2.31. The molecular formula is C11H18N4. The predicted molar refractivity (Wildman–Crippen MR) is 59.4 cm³/mol. The van der Waals surface area contributed by atoms with E-state index >= 15 is 0 Å². The Morgan fingerprint density at radius 2 is 2.47 bits per heavy atom. The summed E-state index contributed by atoms with van der Waals surface area (Å²) in [6.45, 7) is 4.21. The highest BCUT2D eigenvalue weighted by atomic mass is 15.2. The lowest BCUT2D eigenvalue weighted by atomic mass is 10.2. The second-order valence-electron chi connectivity index (χ2n) is 4.32. The third-order valence-corrected chi connectivity index (χ3v) is 3.09. The standard InChI is InChI=1S/C11H18N4/c1-9-6-11(8-15(9)2)12-7-10-4-3-5-13-14-10/h3-5,9,11-12H,6-8H2,1-2H3. The molecule has 82 valence electrons. The molecule has 15 heavy (non-hydrogen) atoms. The van der Waals surface area contributed by atoms with Crippen LogP contribution in [-0.2, 0) is 6.54 Å². The van der Waals surface area contributed by atoms with Crippen molar-refractivity contribution in [2.24, 2.45) is 0 Å². The van der Waals surface area contributed by atoms with Crippen LogP contribution in [0.5, 0.6) is 0 Å². The first-order valence-corrected chi connectivity index (χ1v) is 5.46. The molecule has 1 saturated heterocycles. The highest BCUT2D eigenvalue weighted by molar-refractivity contribution is 4.99. The molecule has 0 spiro atoms. The maximum atomic E-state index is 4.05. The van der Waals surface area contributed by atoms with Gasteiger partial charge in [0, 0.05) is 31.4 Å². The van der Waals surface area contributed by atoms with E-state index < -0.39 is 0 Å². The lowest BCUT2D eigenvalue weighted by Gasteiger charge is -2.13. The Balaban J connectivity index is 1.80. The summed E-state index contributed by atoms with van der Waals surface area (Å²) in [7, 11) is 2.18. The van der Waals surface area contributed by atoms with Gasteiger partial charge in [-0.3, -0.25) is 0 Å². The number of nitrogens with zero attached hydrogens (tertiary/aromatic N) is 3. The van der Waals surface area contributed by atoms with Crippen molar-refractivity contribution in [3.63, 3.8) is 0 Å². The summed E-state index contributed by atoms with van der Waals surface area (Å²) >= 11 is 0. The van der Waals surface area contributed by atoms with Gasteiger partial charge in [-0.1, -0.05) is 0 Å². The minimum atomic E-state index is 0.590. The third-order valence-electron chi connectivity index (χ3n) is 3.09. The van der Waals surface area contributed by atoms with Crippen LogP contribution in [-0.4, -0.2) is 40.8 Å². The van der Waals surface area contributed by atoms with Gasteiger partial charge in [0.05, 0.1) is 5.69 Å². The van der Waals surface area contributed by atoms with Gasteiger partial charge in [-0.2, -0.15) is 10.2 Å². The topological polar surface area (TPSA) is 41.1 Å². The molecule has 2 rings (SSSR count). The second-order valence-corrected chi connectivity index (χ2v) is 4.32. The van der Waals surface area contributed by atoms with Gasteiger partial charge in [0.1, 0.15) is 0 Å². The largest absolute Gasteiger partial charge is 0.307 e. The molecule has 0 amide bonds. The number of hydrogen-bond acceptors (Lipinski definition) is 4. The fourth-order valence-electron chi connectivity index (χ4n) is 2.02. The molecule has 0 aromatic carbocycles. The molecule has 1 aromatic rings. The monoisotopic (exact) mass is 206 g/mol. The summed E-state index contributed by atoms with van der Waals surface area (Å²) in [4.78, 5) is 2.38. The molecule has 0 saturated carbocycles. The molecule has 2 heterocycles. The number of hydrogen-bond donors (Lipinski definition) is 1. The molecule has 1 aliphatic heterocycles. The molecule has 2 unspecified atom stereocenters. The van der Waals surface area contributed by atoms with E-state index in [1.165, 1.54) is 6.42 Å². The van der Waals surface area contributed by atoms with Crippen molar-refractivity contribution in [1.29, 1.82) is 0 Å². The van der Waals surface area contributed by atoms with Gasteiger partial charge in [-0.05, 0) is 32.5 Å². The molecule has 1 aliphatic rings. The van der Waals surface area contributed by atoms with Crippen LogP contribution < -0.4 is 5.32 Å². The first-order valence-electron chi connectivity index (χ1n) is 5.46. The van der Waals surface area contributed by atoms with Crippen molar-refractivity contribution < 1.29 is 0 Å². The van der Waals surface area contributed by atoms with Crippen molar-refractivity contribution in [3.05, 3.63) is 24.0 Å². The van der Waals surface area contributed by atoms with Crippen molar-refractivity contribution in [1.82, 2.24) is 20.4 Å². The zero-order valence-corrected chi connectivity index (χ0v) is 9.35. The first-order chi connectivity index (χ1) is 7.25. The molecule has 1 fully saturated rings. The van der Waals surface area contributed by atoms with Crippen LogP contribution in [0.1, 0.15) is 19.0 Å². The highest BCUT2D eigenvalue weighted by Gasteiger charge is 2.25. The fraction of sp³-hybridized carbons (Fsp3) is 0.636. The van der Waals surface area contributed by atoms with E-state index in [1.807, 2.05) is 12.1 Å². The predicted octanol–water partition coefficient (Wildman–Crippen LogP) is 0.659. The Bertz CT molecular complexity index is 291. The van der Waals surface area contributed by atoms with Crippen LogP contribution in [0.15, 0.2) is 18.3 Å². The van der Waals surface area contributed by atoms with Gasteiger partial charge in [0.15, 0.2) is 0 Å². The first kappa shape index (κ1) is 10.5. The molecule has 2 atom stereocenters. The van der Waals surface area contributed by atoms with Gasteiger partial charge in [-0.15, -0.1) is 0 Å². The van der Waals surface area contributed by atoms with Crippen LogP contribution in [0, 0.1) is 0 Å². The minimum Gasteiger partial charge on any atom is -0.307 e. The van der Waals surface area contributed by atoms with Gasteiger partial charge >= 0.3 is 0 Å². The summed E-state index contributed by atoms with van der Waals surface area (Å²) in [5, 5.41) is 11.4. The van der Waals surface area contributed by atoms with Crippen LogP contribution in [0.25, 0.3) is 0 Å². The SMILES string of the molecule is CC1CC(NCc2cccnn2)CN1C. The Morgan fingerprint density at radius 1 is 1.60 bits per heavy atom. The van der Waals surface area contributed by atoms with E-state index in [1.54, 1.807) is 6.20 Å². The molecule has 1 aromatic heterocycles. The Kier molecular flexibility index (Phi) is 3.28. The quantitative estimate of drug-likeness (QED) is 0.788. The molecular weight excluding hydrogens is 188 g/mol. The Labute approximate surface area is 90.7 Å². The number of likely N-dealkylation sites (N-methyl/N-ethyl adjacent to an activating group) is 1. The van der Waals surface area contributed by atoms with Gasteiger partial charge in [0.2, 0.25) is 0 Å². The van der Waals surface area contributed by atoms with E-state index in [-0.39, 0.29) is 0 Å². The number of likely N-dealkylation sites (tertiary alicyclic amines) is 1. The fourth-order valence-corrected chi connectivity index (χ4v) is 2.02. The molecule has 0 bridgehead atoms. The maximum absolute atomic E-state index is 4.05. The van der Waals surface area contributed by atoms with E-state index in [4.69, 9.17) is 0 Å². The highest BCUT2D eigenvalue weighted by Crippen LogP contribution is 2.14. The summed E-state index contributed by atoms with van der Waals surface area (Å²) < 4.78 is 0. The summed E-state index contributed by atoms with van der Waals surface area (Å²) in [6, 6.07) is 5.20. The lowest BCUT2D eigenvalue weighted by molar-refractivity contribution is 0.326. The van der Waals surface area contributed by atoms with Crippen LogP contribution in [0.3, 0.4) is 0 Å². The number of aromatic nitrogens is 2. The van der Waals surface area contributed by atoms with Crippen molar-refractivity contribution >= 4 is 0 Å². The summed E-state index contributed by atoms with van der Waals surface area (Å²) in [5.41, 5.74) is 1.01. The second kappa shape index (κ2) is 4.68. The normalized spacial score (nSPS) is 27.1. The third kappa shape index (κ3) is 2.73. The van der Waals surface area contributed by atoms with Crippen molar-refractivity contribution in [3.8, 4) is 0 Å². The van der Waals surface area contributed by atoms with Gasteiger partial charge in [-0.25, -0.2) is 0 Å². The molecule has 0 aliphatic carbocycles. The smallest absolute Gasteiger partial charge is 0.0769 e. The average Bonchev–Trinajstić information content (AvgIpc) is 2.57. The average molecular weight is 206 g/mol. The minimum absolute atomic E-state index is 0.590. The molecule has 4 nitrogen and oxygen atoms in total. The maximum Gasteiger partial charge on any atom is 0.0769 e. The summed E-state index contributed by atoms with van der Waals surface area (Å²) in [6.07, 6.45) is 2.92. The zero-order valence-electron chi connectivity index (χ0n) is 9.35. The molecule has 4 heteroatoms. The zero-order chi connectivity index (χ0) is 10.7. The Hall–Kier alpha value is -1.00. The van der Waals surface area contributed by atoms with Crippen LogP contribution in [0.2, 0.25) is 0 Å². The number of nitrogens with one attached hydrogen (secondary N) is 1. The van der Waals surface area contributed by atoms with Crippen molar-refractivity contribution in [2.45, 2.75) is 32.0 Å².